The lowest BCUT2D eigenvalue weighted by Gasteiger charge is -2.21. The fourth-order valence-corrected chi connectivity index (χ4v) is 15.5. The molecule has 0 amide bonds. The monoisotopic (exact) mass is 1000 g/mol. The van der Waals surface area contributed by atoms with E-state index in [4.69, 9.17) is 0 Å². The number of hydrogen-bond donors (Lipinski definition) is 0. The van der Waals surface area contributed by atoms with Crippen molar-refractivity contribution in [1.82, 2.24) is 0 Å². The van der Waals surface area contributed by atoms with Gasteiger partial charge in [0.2, 0.25) is 0 Å². The lowest BCUT2D eigenvalue weighted by molar-refractivity contribution is 1.61. The van der Waals surface area contributed by atoms with Crippen molar-refractivity contribution in [1.29, 1.82) is 0 Å². The van der Waals surface area contributed by atoms with Crippen molar-refractivity contribution >= 4 is 118 Å². The molecule has 80 heavy (non-hydrogen) atoms. The Morgan fingerprint density at radius 2 is 0.537 bits per heavy atom. The Balaban J connectivity index is 0.970. The zero-order valence-electron chi connectivity index (χ0n) is 43.4. The maximum atomic E-state index is 2.51. The molecular weight excluding hydrogens is 961 g/mol. The minimum absolute atomic E-state index is 1.22. The third-order valence-corrected chi connectivity index (χ3v) is 18.6. The van der Waals surface area contributed by atoms with Crippen LogP contribution in [0, 0.1) is 0 Å². The summed E-state index contributed by atoms with van der Waals surface area (Å²) in [6.45, 7) is 0. The second kappa shape index (κ2) is 15.6. The Kier molecular flexibility index (Phi) is 8.34. The van der Waals surface area contributed by atoms with E-state index in [0.29, 0.717) is 0 Å². The molecule has 18 aromatic rings. The molecule has 0 saturated heterocycles. The molecule has 0 heterocycles. The molecule has 0 radical (unpaired) electrons. The first kappa shape index (κ1) is 42.7. The Hall–Kier alpha value is -10.4. The highest BCUT2D eigenvalue weighted by Gasteiger charge is 2.34. The second-order valence-electron chi connectivity index (χ2n) is 22.4. The van der Waals surface area contributed by atoms with Gasteiger partial charge >= 0.3 is 0 Å². The van der Waals surface area contributed by atoms with Crippen LogP contribution in [0.2, 0.25) is 0 Å². The number of rotatable bonds is 5. The van der Waals surface area contributed by atoms with Gasteiger partial charge in [-0.2, -0.15) is 0 Å². The molecule has 0 nitrogen and oxygen atoms in total. The predicted octanol–water partition coefficient (Wildman–Crippen LogP) is 22.7. The molecule has 0 atom stereocenters. The Morgan fingerprint density at radius 1 is 0.138 bits per heavy atom. The van der Waals surface area contributed by atoms with Crippen LogP contribution in [0.4, 0.5) is 0 Å². The molecule has 364 valence electrons. The molecule has 0 unspecified atom stereocenters. The summed E-state index contributed by atoms with van der Waals surface area (Å²) in [7, 11) is 0. The number of benzene rings is 16. The van der Waals surface area contributed by atoms with Crippen molar-refractivity contribution in [3.8, 4) is 77.9 Å². The molecule has 0 aromatic heterocycles. The van der Waals surface area contributed by atoms with Crippen molar-refractivity contribution in [2.75, 3.05) is 0 Å². The van der Waals surface area contributed by atoms with E-state index in [-0.39, 0.29) is 0 Å². The van der Waals surface area contributed by atoms with Crippen LogP contribution in [0.3, 0.4) is 0 Å². The third-order valence-electron chi connectivity index (χ3n) is 18.6. The van der Waals surface area contributed by atoms with Crippen LogP contribution in [0.5, 0.6) is 0 Å². The first-order valence-electron chi connectivity index (χ1n) is 28.1. The molecule has 0 bridgehead atoms. The fraction of sp³-hybridized carbons (Fsp3) is 0. The van der Waals surface area contributed by atoms with Crippen LogP contribution in [0.1, 0.15) is 0 Å². The summed E-state index contributed by atoms with van der Waals surface area (Å²) >= 11 is 0. The van der Waals surface area contributed by atoms with Gasteiger partial charge in [0, 0.05) is 0 Å². The fourth-order valence-electron chi connectivity index (χ4n) is 15.5. The molecule has 0 aliphatic heterocycles. The summed E-state index contributed by atoms with van der Waals surface area (Å²) in [6, 6.07) is 101. The summed E-state index contributed by atoms with van der Waals surface area (Å²) in [5.41, 5.74) is 17.8. The van der Waals surface area contributed by atoms with Crippen LogP contribution in [-0.2, 0) is 0 Å². The van der Waals surface area contributed by atoms with Gasteiger partial charge in [0.25, 0.3) is 0 Å². The Morgan fingerprint density at radius 3 is 1.18 bits per heavy atom. The Labute approximate surface area is 460 Å². The largest absolute Gasteiger partial charge is 0.0622 e. The molecule has 0 spiro atoms. The highest BCUT2D eigenvalue weighted by atomic mass is 14.4. The van der Waals surface area contributed by atoms with E-state index in [2.05, 4.69) is 267 Å². The molecule has 1 aliphatic rings. The van der Waals surface area contributed by atoms with E-state index >= 15 is 0 Å². The Bertz CT molecular complexity index is 5640. The van der Waals surface area contributed by atoms with Crippen LogP contribution >= 0.6 is 0 Å². The highest BCUT2D eigenvalue weighted by molar-refractivity contribution is 6.53. The minimum Gasteiger partial charge on any atom is -0.0622 e. The topological polar surface area (TPSA) is 0 Å². The molecule has 0 heteroatoms. The van der Waals surface area contributed by atoms with Gasteiger partial charge in [-0.05, 0) is 209 Å². The zero-order valence-corrected chi connectivity index (χ0v) is 43.4. The van der Waals surface area contributed by atoms with Gasteiger partial charge in [0.15, 0.2) is 0 Å². The average Bonchev–Trinajstić information content (AvgIpc) is 4.34. The van der Waals surface area contributed by atoms with E-state index < -0.39 is 0 Å². The summed E-state index contributed by atoms with van der Waals surface area (Å²) < 4.78 is 0. The summed E-state index contributed by atoms with van der Waals surface area (Å²) in [5.74, 6) is 0. The zero-order chi connectivity index (χ0) is 51.9. The molecule has 18 aromatic carbocycles. The standard InChI is InChI=1S/C80H44/c1-5-19-45(20-6-1)49-33-34-60-65(43-49)68(48-25-11-4-12-26-48)77-62-40-36-57-58-37-41-63-74-64(42-38-59(71(58)74)56-35-39-61(73(62)70(56)57)76(77)67(60)47-23-9-3-10-24-47)79-75-55-32-18-17-31-54(55)69-52-29-14-13-27-50(52)44-66(80(69)75)72(78(63)79)53-30-16-15-28-51(53)46-21-7-2-8-22-46/h1-44H. The van der Waals surface area contributed by atoms with E-state index in [9.17, 15) is 0 Å². The van der Waals surface area contributed by atoms with Crippen molar-refractivity contribution < 1.29 is 0 Å². The van der Waals surface area contributed by atoms with Crippen molar-refractivity contribution in [3.63, 3.8) is 0 Å². The normalized spacial score (nSPS) is 12.5. The van der Waals surface area contributed by atoms with Gasteiger partial charge in [0.05, 0.1) is 0 Å². The van der Waals surface area contributed by atoms with Crippen LogP contribution in [0.15, 0.2) is 267 Å². The van der Waals surface area contributed by atoms with Gasteiger partial charge in [-0.1, -0.05) is 255 Å². The molecule has 1 aliphatic carbocycles. The van der Waals surface area contributed by atoms with Gasteiger partial charge in [-0.15, -0.1) is 0 Å². The van der Waals surface area contributed by atoms with Crippen molar-refractivity contribution in [2.45, 2.75) is 0 Å². The minimum atomic E-state index is 1.22. The predicted molar refractivity (Wildman–Crippen MR) is 344 cm³/mol. The van der Waals surface area contributed by atoms with E-state index in [0.717, 1.165) is 0 Å². The first-order chi connectivity index (χ1) is 39.8. The SMILES string of the molecule is c1ccc(-c2ccc3c(-c4ccccc4)c4c(c(-c5ccccc5)c3c2)-c2ccc3c5ccc6c7c(-c8ccccc8-c8ccccc8)c8cc9ccccc9c9c%10ccccc%10c(c7c7ccc(c%10ccc-4c2c3%10)c5c67)c89)cc1. The maximum Gasteiger partial charge on any atom is -0.000695 e. The van der Waals surface area contributed by atoms with Gasteiger partial charge in [-0.3, -0.25) is 0 Å². The van der Waals surface area contributed by atoms with E-state index in [1.165, 1.54) is 196 Å². The molecule has 0 N–H and O–H groups in total. The number of fused-ring (bicyclic) bond motifs is 15. The van der Waals surface area contributed by atoms with Crippen molar-refractivity contribution in [2.24, 2.45) is 0 Å². The van der Waals surface area contributed by atoms with Crippen molar-refractivity contribution in [3.05, 3.63) is 267 Å². The average molecular weight is 1010 g/mol. The maximum absolute atomic E-state index is 2.51. The third kappa shape index (κ3) is 5.40. The molecular formula is C80H44. The van der Waals surface area contributed by atoms with Gasteiger partial charge < -0.3 is 0 Å². The van der Waals surface area contributed by atoms with Crippen LogP contribution in [0.25, 0.3) is 196 Å². The lowest BCUT2D eigenvalue weighted by atomic mass is 9.82. The quantitative estimate of drug-likeness (QED) is 0.119. The van der Waals surface area contributed by atoms with Gasteiger partial charge in [0.1, 0.15) is 0 Å². The number of hydrogen-bond acceptors (Lipinski definition) is 0. The van der Waals surface area contributed by atoms with Gasteiger partial charge in [-0.25, -0.2) is 0 Å². The van der Waals surface area contributed by atoms with Crippen LogP contribution in [-0.4, -0.2) is 0 Å². The molecule has 19 rings (SSSR count). The van der Waals surface area contributed by atoms with Crippen LogP contribution < -0.4 is 0 Å². The van der Waals surface area contributed by atoms with E-state index in [1.54, 1.807) is 0 Å². The first-order valence-corrected chi connectivity index (χ1v) is 28.1. The highest BCUT2D eigenvalue weighted by Crippen LogP contribution is 2.62. The summed E-state index contributed by atoms with van der Waals surface area (Å²) in [6.07, 6.45) is 0. The smallest absolute Gasteiger partial charge is 0.000695 e. The summed E-state index contributed by atoms with van der Waals surface area (Å²) in [4.78, 5) is 0. The summed E-state index contributed by atoms with van der Waals surface area (Å²) in [5, 5.41) is 29.1. The molecule has 0 fully saturated rings. The lowest BCUT2D eigenvalue weighted by Crippen LogP contribution is -1.94. The molecule has 0 saturated carbocycles. The van der Waals surface area contributed by atoms with E-state index in [1.807, 2.05) is 0 Å². The second-order valence-corrected chi connectivity index (χ2v) is 22.4.